The van der Waals surface area contributed by atoms with E-state index >= 15 is 0 Å². The largest absolute Gasteiger partial charge is 0.443 e. The van der Waals surface area contributed by atoms with E-state index in [-0.39, 0.29) is 47.6 Å². The summed E-state index contributed by atoms with van der Waals surface area (Å²) in [5.74, 6) is -2.14. The summed E-state index contributed by atoms with van der Waals surface area (Å²) in [5.41, 5.74) is 1.20. The Balaban J connectivity index is 1.36. The molecule has 6 unspecified atom stereocenters. The Morgan fingerprint density at radius 1 is 1.19 bits per heavy atom. The van der Waals surface area contributed by atoms with Gasteiger partial charge in [0.1, 0.15) is 18.6 Å². The summed E-state index contributed by atoms with van der Waals surface area (Å²) in [4.78, 5) is 28.7. The van der Waals surface area contributed by atoms with E-state index in [1.807, 2.05) is 18.2 Å². The predicted molar refractivity (Wildman–Crippen MR) is 168 cm³/mol. The first-order chi connectivity index (χ1) is 22.7. The minimum atomic E-state index is -4.57. The average molecular weight is 697 g/mol. The fraction of sp³-hybridized carbons (Fsp3) is 0.531. The van der Waals surface area contributed by atoms with Gasteiger partial charge in [-0.2, -0.15) is 17.5 Å². The van der Waals surface area contributed by atoms with E-state index in [9.17, 15) is 36.3 Å². The van der Waals surface area contributed by atoms with Gasteiger partial charge in [-0.3, -0.25) is 9.79 Å². The van der Waals surface area contributed by atoms with Crippen LogP contribution >= 0.6 is 0 Å². The highest BCUT2D eigenvalue weighted by molar-refractivity contribution is 7.89. The number of carbonyl (C=O) groups is 2. The van der Waals surface area contributed by atoms with E-state index < -0.39 is 71.7 Å². The predicted octanol–water partition coefficient (Wildman–Crippen LogP) is 3.46. The number of alkyl carbamates (subject to hydrolysis) is 1. The quantitative estimate of drug-likeness (QED) is 0.269. The lowest BCUT2D eigenvalue weighted by atomic mass is 10.0. The molecule has 0 aromatic heterocycles. The second-order valence-corrected chi connectivity index (χ2v) is 14.5. The van der Waals surface area contributed by atoms with Crippen LogP contribution in [-0.2, 0) is 35.4 Å². The number of halogens is 3. The van der Waals surface area contributed by atoms with Crippen LogP contribution in [-0.4, -0.2) is 99.6 Å². The number of anilines is 1. The molecule has 12 nitrogen and oxygen atoms in total. The van der Waals surface area contributed by atoms with Gasteiger partial charge < -0.3 is 30.0 Å². The second kappa shape index (κ2) is 14.9. The zero-order valence-corrected chi connectivity index (χ0v) is 27.2. The Kier molecular flexibility index (Phi) is 11.1. The van der Waals surface area contributed by atoms with Gasteiger partial charge in [0.05, 0.1) is 36.2 Å². The smallest absolute Gasteiger partial charge is 0.407 e. The van der Waals surface area contributed by atoms with Crippen LogP contribution < -0.4 is 10.6 Å². The number of hydrogen-bond acceptors (Lipinski definition) is 9. The lowest BCUT2D eigenvalue weighted by Gasteiger charge is -2.31. The summed E-state index contributed by atoms with van der Waals surface area (Å²) >= 11 is 0. The van der Waals surface area contributed by atoms with Crippen molar-refractivity contribution >= 4 is 33.9 Å². The highest BCUT2D eigenvalue weighted by Crippen LogP contribution is 2.35. The number of aliphatic hydroxyl groups excluding tert-OH is 1. The number of nitrogens with zero attached hydrogens (tertiary/aromatic N) is 2. The molecule has 2 fully saturated rings. The van der Waals surface area contributed by atoms with Crippen molar-refractivity contribution in [3.8, 4) is 0 Å². The zero-order chi connectivity index (χ0) is 34.6. The van der Waals surface area contributed by atoms with E-state index in [1.165, 1.54) is 18.2 Å². The number of carbonyl (C=O) groups excluding carboxylic acids is 2. The minimum Gasteiger partial charge on any atom is -0.443 e. The maximum atomic E-state index is 14.1. The number of rotatable bonds is 13. The van der Waals surface area contributed by atoms with E-state index in [4.69, 9.17) is 14.2 Å². The molecule has 48 heavy (non-hydrogen) atoms. The van der Waals surface area contributed by atoms with Crippen LogP contribution in [0.1, 0.15) is 37.3 Å². The number of ether oxygens (including phenoxy) is 3. The topological polar surface area (TPSA) is 156 Å². The van der Waals surface area contributed by atoms with Crippen molar-refractivity contribution < 1.29 is 50.5 Å². The number of fused-ring (bicyclic) bond motifs is 2. The van der Waals surface area contributed by atoms with Crippen LogP contribution in [0.4, 0.5) is 23.7 Å². The van der Waals surface area contributed by atoms with E-state index in [0.717, 1.165) is 16.1 Å². The van der Waals surface area contributed by atoms with Gasteiger partial charge in [-0.25, -0.2) is 13.2 Å². The summed E-state index contributed by atoms with van der Waals surface area (Å²) in [5, 5.41) is 16.8. The summed E-state index contributed by atoms with van der Waals surface area (Å²) in [6.45, 7) is 2.37. The third-order valence-corrected chi connectivity index (χ3v) is 10.2. The molecule has 16 heteroatoms. The molecule has 3 heterocycles. The molecular formula is C32H39F3N4O8S. The molecule has 3 N–H and O–H groups in total. The van der Waals surface area contributed by atoms with Crippen molar-refractivity contribution in [2.75, 3.05) is 38.2 Å². The third kappa shape index (κ3) is 8.71. The van der Waals surface area contributed by atoms with Gasteiger partial charge in [0, 0.05) is 25.0 Å². The summed E-state index contributed by atoms with van der Waals surface area (Å²) in [6, 6.07) is 12.0. The Morgan fingerprint density at radius 2 is 1.94 bits per heavy atom. The molecule has 5 rings (SSSR count). The molecule has 0 aliphatic carbocycles. The van der Waals surface area contributed by atoms with Crippen molar-refractivity contribution in [1.29, 1.82) is 0 Å². The maximum Gasteiger partial charge on any atom is 0.407 e. The summed E-state index contributed by atoms with van der Waals surface area (Å²) in [6.07, 6.45) is -6.02. The van der Waals surface area contributed by atoms with Crippen molar-refractivity contribution in [3.05, 3.63) is 59.7 Å². The van der Waals surface area contributed by atoms with Gasteiger partial charge >= 0.3 is 12.3 Å². The SMILES string of the molecule is CC(C)CN(CC(O)C(Cc1ccccc1)NC(=O)OC1COC2OCCC12)S(=O)(=O)c1ccc2c(c1)C(C=NCC(F)(F)F)C(=O)N2. The van der Waals surface area contributed by atoms with Crippen LogP contribution in [0.5, 0.6) is 0 Å². The van der Waals surface area contributed by atoms with Crippen LogP contribution in [0.15, 0.2) is 58.4 Å². The lowest BCUT2D eigenvalue weighted by molar-refractivity contribution is -0.119. The molecule has 262 valence electrons. The number of amides is 2. The van der Waals surface area contributed by atoms with Gasteiger partial charge in [-0.05, 0) is 48.1 Å². The molecule has 3 aliphatic heterocycles. The molecule has 2 amide bonds. The average Bonchev–Trinajstić information content (AvgIpc) is 3.72. The number of sulfonamides is 1. The Labute approximate surface area is 276 Å². The van der Waals surface area contributed by atoms with Crippen LogP contribution in [0.25, 0.3) is 0 Å². The Hall–Kier alpha value is -3.57. The van der Waals surface area contributed by atoms with Crippen molar-refractivity contribution in [1.82, 2.24) is 9.62 Å². The van der Waals surface area contributed by atoms with Crippen molar-refractivity contribution in [2.45, 2.75) is 68.2 Å². The van der Waals surface area contributed by atoms with Crippen LogP contribution in [0.2, 0.25) is 0 Å². The van der Waals surface area contributed by atoms with Gasteiger partial charge in [-0.15, -0.1) is 0 Å². The number of alkyl halides is 3. The van der Waals surface area contributed by atoms with Gasteiger partial charge in [0.25, 0.3) is 0 Å². The van der Waals surface area contributed by atoms with E-state index in [1.54, 1.807) is 26.0 Å². The van der Waals surface area contributed by atoms with Gasteiger partial charge in [-0.1, -0.05) is 44.2 Å². The Morgan fingerprint density at radius 3 is 2.65 bits per heavy atom. The van der Waals surface area contributed by atoms with Crippen LogP contribution in [0, 0.1) is 11.8 Å². The lowest BCUT2D eigenvalue weighted by Crippen LogP contribution is -2.51. The van der Waals surface area contributed by atoms with Crippen LogP contribution in [0.3, 0.4) is 0 Å². The first-order valence-electron chi connectivity index (χ1n) is 15.7. The fourth-order valence-electron chi connectivity index (χ4n) is 6.02. The highest BCUT2D eigenvalue weighted by atomic mass is 32.2. The first kappa shape index (κ1) is 35.7. The molecule has 2 saturated heterocycles. The number of aliphatic hydroxyl groups is 1. The molecule has 3 aliphatic rings. The number of aliphatic imine (C=N–C) groups is 1. The summed E-state index contributed by atoms with van der Waals surface area (Å²) < 4.78 is 83.9. The zero-order valence-electron chi connectivity index (χ0n) is 26.4. The van der Waals surface area contributed by atoms with Gasteiger partial charge in [0.2, 0.25) is 15.9 Å². The molecule has 0 bridgehead atoms. The maximum absolute atomic E-state index is 14.1. The van der Waals surface area contributed by atoms with E-state index in [0.29, 0.717) is 13.0 Å². The molecule has 6 atom stereocenters. The molecule has 0 radical (unpaired) electrons. The highest BCUT2D eigenvalue weighted by Gasteiger charge is 2.44. The molecule has 2 aromatic rings. The monoisotopic (exact) mass is 696 g/mol. The number of benzene rings is 2. The van der Waals surface area contributed by atoms with E-state index in [2.05, 4.69) is 15.6 Å². The second-order valence-electron chi connectivity index (χ2n) is 12.5. The normalized spacial score (nSPS) is 23.7. The molecule has 0 spiro atoms. The minimum absolute atomic E-state index is 0.00485. The Bertz CT molecular complexity index is 1590. The first-order valence-corrected chi connectivity index (χ1v) is 17.1. The number of hydrogen-bond donors (Lipinski definition) is 3. The fourth-order valence-corrected chi connectivity index (χ4v) is 7.68. The van der Waals surface area contributed by atoms with Gasteiger partial charge in [0.15, 0.2) is 6.29 Å². The summed E-state index contributed by atoms with van der Waals surface area (Å²) in [7, 11) is -4.33. The third-order valence-electron chi connectivity index (χ3n) is 8.33. The number of nitrogens with one attached hydrogen (secondary N) is 2. The standard InChI is InChI=1S/C32H39F3N4O8S/c1-19(2)15-39(48(43,44)21-8-9-25-23(13-21)24(29(41)37-25)14-36-18-32(33,34)35)16-27(40)26(12-20-6-4-3-5-7-20)38-31(42)47-28-17-46-30-22(28)10-11-45-30/h3-9,13-14,19,22,24,26-28,30,40H,10-12,15-18H2,1-2H3,(H,37,41)(H,38,42). The van der Waals surface area contributed by atoms with Crippen molar-refractivity contribution in [3.63, 3.8) is 0 Å². The van der Waals surface area contributed by atoms with Crippen molar-refractivity contribution in [2.24, 2.45) is 16.8 Å². The molecular weight excluding hydrogens is 657 g/mol. The molecule has 0 saturated carbocycles. The molecule has 2 aromatic carbocycles.